The first kappa shape index (κ1) is 14.1. The highest BCUT2D eigenvalue weighted by molar-refractivity contribution is 5.30. The van der Waals surface area contributed by atoms with E-state index in [0.717, 1.165) is 32.0 Å². The van der Waals surface area contributed by atoms with Gasteiger partial charge < -0.3 is 10.5 Å². The van der Waals surface area contributed by atoms with Crippen molar-refractivity contribution in [3.05, 3.63) is 35.4 Å². The van der Waals surface area contributed by atoms with Gasteiger partial charge in [-0.05, 0) is 49.8 Å². The van der Waals surface area contributed by atoms with Gasteiger partial charge in [-0.25, -0.2) is 0 Å². The number of nitrogens with two attached hydrogens (primary N) is 1. The van der Waals surface area contributed by atoms with Gasteiger partial charge >= 0.3 is 0 Å². The lowest BCUT2D eigenvalue weighted by Crippen LogP contribution is -2.41. The Hall–Kier alpha value is -0.900. The summed E-state index contributed by atoms with van der Waals surface area (Å²) in [6, 6.07) is 10.1. The van der Waals surface area contributed by atoms with E-state index in [1.54, 1.807) is 0 Å². The van der Waals surface area contributed by atoms with E-state index in [9.17, 15) is 0 Å². The van der Waals surface area contributed by atoms with Crippen molar-refractivity contribution in [3.8, 4) is 0 Å². The van der Waals surface area contributed by atoms with Gasteiger partial charge in [0.25, 0.3) is 0 Å². The summed E-state index contributed by atoms with van der Waals surface area (Å²) in [6.07, 6.45) is 4.96. The molecule has 0 radical (unpaired) electrons. The Kier molecular flexibility index (Phi) is 4.39. The third-order valence-corrected chi connectivity index (χ3v) is 4.85. The Bertz CT molecular complexity index is 421. The second-order valence-corrected chi connectivity index (χ2v) is 6.20. The van der Waals surface area contributed by atoms with Crippen molar-refractivity contribution in [1.82, 2.24) is 4.90 Å². The molecule has 2 fully saturated rings. The fraction of sp³-hybridized carbons (Fsp3) is 0.647. The number of rotatable bonds is 5. The molecule has 3 rings (SSSR count). The van der Waals surface area contributed by atoms with Gasteiger partial charge in [0.05, 0.1) is 0 Å². The molecule has 0 spiro atoms. The number of hydrogen-bond acceptors (Lipinski definition) is 3. The fourth-order valence-electron chi connectivity index (χ4n) is 3.29. The van der Waals surface area contributed by atoms with E-state index >= 15 is 0 Å². The molecule has 1 aliphatic carbocycles. The minimum atomic E-state index is 0.325. The summed E-state index contributed by atoms with van der Waals surface area (Å²) in [5, 5.41) is 0. The van der Waals surface area contributed by atoms with Gasteiger partial charge in [-0.3, -0.25) is 4.90 Å². The van der Waals surface area contributed by atoms with Gasteiger partial charge in [-0.2, -0.15) is 0 Å². The minimum Gasteiger partial charge on any atom is -0.381 e. The van der Waals surface area contributed by atoms with Crippen LogP contribution in [-0.4, -0.2) is 37.7 Å². The second-order valence-electron chi connectivity index (χ2n) is 6.20. The number of nitrogens with zero attached hydrogens (tertiary/aromatic N) is 1. The molecule has 3 nitrogen and oxygen atoms in total. The van der Waals surface area contributed by atoms with Crippen molar-refractivity contribution in [3.63, 3.8) is 0 Å². The molecule has 1 aromatic rings. The van der Waals surface area contributed by atoms with E-state index in [0.29, 0.717) is 18.6 Å². The van der Waals surface area contributed by atoms with Crippen molar-refractivity contribution in [2.45, 2.75) is 43.7 Å². The highest BCUT2D eigenvalue weighted by Gasteiger charge is 2.26. The van der Waals surface area contributed by atoms with Crippen LogP contribution in [-0.2, 0) is 4.74 Å². The Morgan fingerprint density at radius 1 is 1.15 bits per heavy atom. The van der Waals surface area contributed by atoms with Gasteiger partial charge in [-0.1, -0.05) is 24.3 Å². The first-order chi connectivity index (χ1) is 9.79. The molecule has 1 aliphatic heterocycles. The molecule has 110 valence electrons. The van der Waals surface area contributed by atoms with E-state index in [-0.39, 0.29) is 0 Å². The van der Waals surface area contributed by atoms with Gasteiger partial charge in [-0.15, -0.1) is 0 Å². The monoisotopic (exact) mass is 274 g/mol. The lowest BCUT2D eigenvalue weighted by molar-refractivity contribution is 0.0294. The van der Waals surface area contributed by atoms with Gasteiger partial charge in [0, 0.05) is 31.8 Å². The summed E-state index contributed by atoms with van der Waals surface area (Å²) in [6.45, 7) is 2.44. The number of likely N-dealkylation sites (N-methyl/N-ethyl adjacent to an activating group) is 1. The maximum atomic E-state index is 6.05. The molecule has 1 saturated carbocycles. The molecule has 1 atom stereocenters. The van der Waals surface area contributed by atoms with E-state index in [1.165, 1.54) is 24.0 Å². The summed E-state index contributed by atoms with van der Waals surface area (Å²) >= 11 is 0. The molecule has 3 heteroatoms. The molecule has 2 N–H and O–H groups in total. The van der Waals surface area contributed by atoms with E-state index in [4.69, 9.17) is 10.5 Å². The number of benzene rings is 1. The minimum absolute atomic E-state index is 0.325. The van der Waals surface area contributed by atoms with Crippen molar-refractivity contribution in [2.24, 2.45) is 5.73 Å². The quantitative estimate of drug-likeness (QED) is 0.897. The number of ether oxygens (including phenoxy) is 1. The Labute approximate surface area is 122 Å². The zero-order valence-electron chi connectivity index (χ0n) is 12.4. The standard InChI is InChI=1S/C17H26N2O/c1-19(16-8-10-20-11-9-16)17(12-18)15-6-4-14(5-7-15)13-2-3-13/h4-7,13,16-17H,2-3,8-12,18H2,1H3. The van der Waals surface area contributed by atoms with Crippen LogP contribution in [0.3, 0.4) is 0 Å². The summed E-state index contributed by atoms with van der Waals surface area (Å²) in [7, 11) is 2.21. The Morgan fingerprint density at radius 2 is 1.80 bits per heavy atom. The Balaban J connectivity index is 1.70. The summed E-state index contributed by atoms with van der Waals surface area (Å²) < 4.78 is 5.46. The van der Waals surface area contributed by atoms with Crippen molar-refractivity contribution in [1.29, 1.82) is 0 Å². The van der Waals surface area contributed by atoms with Gasteiger partial charge in [0.1, 0.15) is 0 Å². The zero-order chi connectivity index (χ0) is 13.9. The maximum Gasteiger partial charge on any atom is 0.0480 e. The lowest BCUT2D eigenvalue weighted by Gasteiger charge is -2.37. The van der Waals surface area contributed by atoms with E-state index in [2.05, 4.69) is 36.2 Å². The molecule has 1 unspecified atom stereocenters. The van der Waals surface area contributed by atoms with Crippen LogP contribution in [0.25, 0.3) is 0 Å². The molecule has 1 aromatic carbocycles. The lowest BCUT2D eigenvalue weighted by atomic mass is 9.98. The summed E-state index contributed by atoms with van der Waals surface area (Å²) in [5.74, 6) is 0.827. The average molecular weight is 274 g/mol. The first-order valence-corrected chi connectivity index (χ1v) is 7.89. The van der Waals surface area contributed by atoms with Gasteiger partial charge in [0.15, 0.2) is 0 Å². The molecule has 2 aliphatic rings. The van der Waals surface area contributed by atoms with Crippen molar-refractivity contribution >= 4 is 0 Å². The van der Waals surface area contributed by atoms with Crippen LogP contribution in [0.15, 0.2) is 24.3 Å². The highest BCUT2D eigenvalue weighted by atomic mass is 16.5. The molecular formula is C17H26N2O. The van der Waals surface area contributed by atoms with Crippen LogP contribution in [0, 0.1) is 0 Å². The van der Waals surface area contributed by atoms with Gasteiger partial charge in [0.2, 0.25) is 0 Å². The normalized spacial score (nSPS) is 22.1. The molecule has 1 heterocycles. The predicted octanol–water partition coefficient (Wildman–Crippen LogP) is 2.67. The van der Waals surface area contributed by atoms with Crippen LogP contribution in [0.1, 0.15) is 48.8 Å². The third kappa shape index (κ3) is 3.05. The van der Waals surface area contributed by atoms with Crippen LogP contribution in [0.2, 0.25) is 0 Å². The fourth-order valence-corrected chi connectivity index (χ4v) is 3.29. The predicted molar refractivity (Wildman–Crippen MR) is 81.8 cm³/mol. The number of hydrogen-bond donors (Lipinski definition) is 1. The summed E-state index contributed by atoms with van der Waals surface area (Å²) in [5.41, 5.74) is 8.90. The smallest absolute Gasteiger partial charge is 0.0480 e. The molecule has 1 saturated heterocycles. The zero-order valence-corrected chi connectivity index (χ0v) is 12.4. The molecule has 0 aromatic heterocycles. The van der Waals surface area contributed by atoms with Crippen LogP contribution in [0.4, 0.5) is 0 Å². The average Bonchev–Trinajstić information content (AvgIpc) is 3.34. The van der Waals surface area contributed by atoms with Crippen LogP contribution in [0.5, 0.6) is 0 Å². The van der Waals surface area contributed by atoms with E-state index < -0.39 is 0 Å². The first-order valence-electron chi connectivity index (χ1n) is 7.89. The molecule has 20 heavy (non-hydrogen) atoms. The molecule has 0 amide bonds. The van der Waals surface area contributed by atoms with Crippen molar-refractivity contribution < 1.29 is 4.74 Å². The second kappa shape index (κ2) is 6.25. The van der Waals surface area contributed by atoms with Crippen LogP contribution >= 0.6 is 0 Å². The highest BCUT2D eigenvalue weighted by Crippen LogP contribution is 2.40. The Morgan fingerprint density at radius 3 is 2.35 bits per heavy atom. The SMILES string of the molecule is CN(C1CCOCC1)C(CN)c1ccc(C2CC2)cc1. The topological polar surface area (TPSA) is 38.5 Å². The molecule has 0 bridgehead atoms. The van der Waals surface area contributed by atoms with Crippen LogP contribution < -0.4 is 5.73 Å². The third-order valence-electron chi connectivity index (χ3n) is 4.85. The summed E-state index contributed by atoms with van der Waals surface area (Å²) in [4.78, 5) is 2.45. The maximum absolute atomic E-state index is 6.05. The molecular weight excluding hydrogens is 248 g/mol. The van der Waals surface area contributed by atoms with Crippen molar-refractivity contribution in [2.75, 3.05) is 26.8 Å². The van der Waals surface area contributed by atoms with E-state index in [1.807, 2.05) is 0 Å². The largest absolute Gasteiger partial charge is 0.381 e.